The number of amides is 1. The minimum absolute atomic E-state index is 0.000159. The normalized spacial score (nSPS) is 14.7. The molecule has 0 bridgehead atoms. The van der Waals surface area contributed by atoms with Gasteiger partial charge in [0.2, 0.25) is 0 Å². The zero-order valence-corrected chi connectivity index (χ0v) is 12.7. The van der Waals surface area contributed by atoms with Crippen LogP contribution in [-0.2, 0) is 0 Å². The molecular weight excluding hydrogens is 346 g/mol. The SMILES string of the molecule is O=C(NCCCC1CC1)c1ccc(Br)cc1Br. The zero-order valence-electron chi connectivity index (χ0n) is 9.51. The highest BCUT2D eigenvalue weighted by atomic mass is 79.9. The molecular formula is C13H15Br2NO. The van der Waals surface area contributed by atoms with Crippen LogP contribution in [0.2, 0.25) is 0 Å². The van der Waals surface area contributed by atoms with Crippen molar-refractivity contribution in [3.63, 3.8) is 0 Å². The van der Waals surface area contributed by atoms with E-state index >= 15 is 0 Å². The van der Waals surface area contributed by atoms with E-state index in [1.54, 1.807) is 0 Å². The van der Waals surface area contributed by atoms with Crippen molar-refractivity contribution in [1.29, 1.82) is 0 Å². The van der Waals surface area contributed by atoms with E-state index in [-0.39, 0.29) is 5.91 Å². The fourth-order valence-corrected chi connectivity index (χ4v) is 3.00. The second kappa shape index (κ2) is 6.01. The van der Waals surface area contributed by atoms with Crippen LogP contribution >= 0.6 is 31.9 Å². The van der Waals surface area contributed by atoms with Gasteiger partial charge >= 0.3 is 0 Å². The first-order valence-electron chi connectivity index (χ1n) is 5.90. The third-order valence-electron chi connectivity index (χ3n) is 2.95. The summed E-state index contributed by atoms with van der Waals surface area (Å²) in [6, 6.07) is 5.59. The average Bonchev–Trinajstić information content (AvgIpc) is 3.08. The van der Waals surface area contributed by atoms with E-state index in [4.69, 9.17) is 0 Å². The van der Waals surface area contributed by atoms with Gasteiger partial charge in [-0.15, -0.1) is 0 Å². The molecule has 0 atom stereocenters. The average molecular weight is 361 g/mol. The predicted molar refractivity (Wildman–Crippen MR) is 76.1 cm³/mol. The fraction of sp³-hybridized carbons (Fsp3) is 0.462. The number of hydrogen-bond acceptors (Lipinski definition) is 1. The third-order valence-corrected chi connectivity index (χ3v) is 4.10. The van der Waals surface area contributed by atoms with Gasteiger partial charge in [0, 0.05) is 15.5 Å². The molecule has 1 saturated carbocycles. The molecule has 0 radical (unpaired) electrons. The van der Waals surface area contributed by atoms with Crippen molar-refractivity contribution in [3.05, 3.63) is 32.7 Å². The highest BCUT2D eigenvalue weighted by Gasteiger charge is 2.20. The van der Waals surface area contributed by atoms with Gasteiger partial charge < -0.3 is 5.32 Å². The van der Waals surface area contributed by atoms with Gasteiger partial charge in [-0.05, 0) is 52.9 Å². The summed E-state index contributed by atoms with van der Waals surface area (Å²) in [6.45, 7) is 0.776. The molecule has 1 N–H and O–H groups in total. The van der Waals surface area contributed by atoms with E-state index in [0.717, 1.165) is 27.8 Å². The minimum atomic E-state index is 0.000159. The molecule has 4 heteroatoms. The van der Waals surface area contributed by atoms with Crippen molar-refractivity contribution in [2.75, 3.05) is 6.54 Å². The molecule has 1 aliphatic rings. The molecule has 0 saturated heterocycles. The maximum Gasteiger partial charge on any atom is 0.252 e. The molecule has 1 fully saturated rings. The lowest BCUT2D eigenvalue weighted by molar-refractivity contribution is 0.0952. The van der Waals surface area contributed by atoms with E-state index in [1.165, 1.54) is 19.3 Å². The Hall–Kier alpha value is -0.350. The number of nitrogens with one attached hydrogen (secondary N) is 1. The van der Waals surface area contributed by atoms with Gasteiger partial charge in [-0.1, -0.05) is 28.8 Å². The Bertz CT molecular complexity index is 416. The van der Waals surface area contributed by atoms with Gasteiger partial charge in [-0.25, -0.2) is 0 Å². The van der Waals surface area contributed by atoms with Gasteiger partial charge in [-0.2, -0.15) is 0 Å². The van der Waals surface area contributed by atoms with Crippen molar-refractivity contribution >= 4 is 37.8 Å². The Kier molecular flexibility index (Phi) is 4.62. The quantitative estimate of drug-likeness (QED) is 0.786. The van der Waals surface area contributed by atoms with Crippen LogP contribution in [0.4, 0.5) is 0 Å². The lowest BCUT2D eigenvalue weighted by atomic mass is 10.2. The molecule has 1 aliphatic carbocycles. The Morgan fingerprint density at radius 3 is 2.76 bits per heavy atom. The summed E-state index contributed by atoms with van der Waals surface area (Å²) in [7, 11) is 0. The summed E-state index contributed by atoms with van der Waals surface area (Å²) in [6.07, 6.45) is 5.10. The van der Waals surface area contributed by atoms with Crippen molar-refractivity contribution < 1.29 is 4.79 Å². The van der Waals surface area contributed by atoms with Crippen molar-refractivity contribution in [2.24, 2.45) is 5.92 Å². The molecule has 1 aromatic carbocycles. The van der Waals surface area contributed by atoms with Crippen LogP contribution in [0.3, 0.4) is 0 Å². The number of benzene rings is 1. The maximum absolute atomic E-state index is 11.9. The van der Waals surface area contributed by atoms with E-state index in [0.29, 0.717) is 5.56 Å². The first-order valence-corrected chi connectivity index (χ1v) is 7.48. The Morgan fingerprint density at radius 1 is 1.35 bits per heavy atom. The molecule has 0 aliphatic heterocycles. The van der Waals surface area contributed by atoms with E-state index in [2.05, 4.69) is 37.2 Å². The van der Waals surface area contributed by atoms with Crippen molar-refractivity contribution in [1.82, 2.24) is 5.32 Å². The van der Waals surface area contributed by atoms with Gasteiger partial charge in [-0.3, -0.25) is 4.79 Å². The third kappa shape index (κ3) is 4.11. The number of carbonyl (C=O) groups is 1. The first-order chi connectivity index (χ1) is 8.16. The molecule has 2 rings (SSSR count). The minimum Gasteiger partial charge on any atom is -0.352 e. The van der Waals surface area contributed by atoms with Crippen LogP contribution in [0, 0.1) is 5.92 Å². The zero-order chi connectivity index (χ0) is 12.3. The molecule has 2 nitrogen and oxygen atoms in total. The second-order valence-electron chi connectivity index (χ2n) is 4.47. The molecule has 1 amide bonds. The summed E-state index contributed by atoms with van der Waals surface area (Å²) >= 11 is 6.77. The molecule has 17 heavy (non-hydrogen) atoms. The van der Waals surface area contributed by atoms with Crippen molar-refractivity contribution in [2.45, 2.75) is 25.7 Å². The van der Waals surface area contributed by atoms with Gasteiger partial charge in [0.05, 0.1) is 5.56 Å². The molecule has 0 aromatic heterocycles. The second-order valence-corrected chi connectivity index (χ2v) is 6.24. The van der Waals surface area contributed by atoms with E-state index < -0.39 is 0 Å². The summed E-state index contributed by atoms with van der Waals surface area (Å²) in [5, 5.41) is 2.96. The van der Waals surface area contributed by atoms with Gasteiger partial charge in [0.1, 0.15) is 0 Å². The number of rotatable bonds is 5. The molecule has 0 unspecified atom stereocenters. The molecule has 0 heterocycles. The van der Waals surface area contributed by atoms with Crippen LogP contribution in [0.1, 0.15) is 36.0 Å². The first kappa shape index (κ1) is 13.1. The largest absolute Gasteiger partial charge is 0.352 e. The van der Waals surface area contributed by atoms with Crippen LogP contribution < -0.4 is 5.32 Å². The lowest BCUT2D eigenvalue weighted by Crippen LogP contribution is -2.24. The topological polar surface area (TPSA) is 29.1 Å². The van der Waals surface area contributed by atoms with Crippen LogP contribution in [0.25, 0.3) is 0 Å². The number of hydrogen-bond donors (Lipinski definition) is 1. The Labute approximate surface area is 118 Å². The summed E-state index contributed by atoms with van der Waals surface area (Å²) in [5.41, 5.74) is 0.694. The van der Waals surface area contributed by atoms with E-state index in [1.807, 2.05) is 18.2 Å². The lowest BCUT2D eigenvalue weighted by Gasteiger charge is -2.07. The highest BCUT2D eigenvalue weighted by Crippen LogP contribution is 2.33. The van der Waals surface area contributed by atoms with Crippen LogP contribution in [0.15, 0.2) is 27.1 Å². The van der Waals surface area contributed by atoms with Crippen molar-refractivity contribution in [3.8, 4) is 0 Å². The standard InChI is InChI=1S/C13H15Br2NO/c14-10-5-6-11(12(15)8-10)13(17)16-7-1-2-9-3-4-9/h5-6,8-9H,1-4,7H2,(H,16,17). The summed E-state index contributed by atoms with van der Waals surface area (Å²) < 4.78 is 1.79. The van der Waals surface area contributed by atoms with Crippen LogP contribution in [0.5, 0.6) is 0 Å². The Balaban J connectivity index is 1.81. The maximum atomic E-state index is 11.9. The monoisotopic (exact) mass is 359 g/mol. The van der Waals surface area contributed by atoms with Gasteiger partial charge in [0.15, 0.2) is 0 Å². The Morgan fingerprint density at radius 2 is 2.12 bits per heavy atom. The van der Waals surface area contributed by atoms with E-state index in [9.17, 15) is 4.79 Å². The molecule has 1 aromatic rings. The highest BCUT2D eigenvalue weighted by molar-refractivity contribution is 9.11. The predicted octanol–water partition coefficient (Wildman–Crippen LogP) is 4.13. The number of halogens is 2. The number of carbonyl (C=O) groups excluding carboxylic acids is 1. The summed E-state index contributed by atoms with van der Waals surface area (Å²) in [4.78, 5) is 11.9. The van der Waals surface area contributed by atoms with Gasteiger partial charge in [0.25, 0.3) is 5.91 Å². The fourth-order valence-electron chi connectivity index (χ4n) is 1.77. The summed E-state index contributed by atoms with van der Waals surface area (Å²) in [5.74, 6) is 0.937. The smallest absolute Gasteiger partial charge is 0.252 e. The molecule has 0 spiro atoms. The molecule has 92 valence electrons. The van der Waals surface area contributed by atoms with Crippen LogP contribution in [-0.4, -0.2) is 12.5 Å².